The maximum atomic E-state index is 12.8. The summed E-state index contributed by atoms with van der Waals surface area (Å²) in [4.78, 5) is 62.5. The zero-order chi connectivity index (χ0) is 24.1. The summed E-state index contributed by atoms with van der Waals surface area (Å²) >= 11 is 4.52. The number of nitrogens with zero attached hydrogens (tertiary/aromatic N) is 4. The van der Waals surface area contributed by atoms with Gasteiger partial charge in [-0.3, -0.25) is 19.2 Å². The molecule has 0 bridgehead atoms. The van der Waals surface area contributed by atoms with Crippen molar-refractivity contribution < 1.29 is 19.2 Å². The molecule has 0 spiro atoms. The van der Waals surface area contributed by atoms with E-state index in [1.54, 1.807) is 6.07 Å². The third-order valence-electron chi connectivity index (χ3n) is 4.80. The number of rotatable bonds is 6. The molecule has 4 amide bonds. The summed E-state index contributed by atoms with van der Waals surface area (Å²) in [7, 11) is 5.07. The van der Waals surface area contributed by atoms with E-state index in [9.17, 15) is 19.2 Å². The van der Waals surface area contributed by atoms with E-state index < -0.39 is 29.7 Å². The molecule has 0 aromatic carbocycles. The Morgan fingerprint density at radius 1 is 1.24 bits per heavy atom. The van der Waals surface area contributed by atoms with Crippen molar-refractivity contribution in [3.05, 3.63) is 38.4 Å². The Kier molecular flexibility index (Phi) is 8.10. The number of amides is 4. The normalized spacial score (nSPS) is 14.1. The second-order valence-corrected chi connectivity index (χ2v) is 9.66. The molecule has 0 aliphatic carbocycles. The number of nitrogens with one attached hydrogen (secondary N) is 3. The van der Waals surface area contributed by atoms with Crippen molar-refractivity contribution in [3.63, 3.8) is 0 Å². The molecule has 2 aromatic heterocycles. The first-order valence-corrected chi connectivity index (χ1v) is 11.6. The van der Waals surface area contributed by atoms with Crippen LogP contribution in [0.25, 0.3) is 0 Å². The molecule has 0 radical (unpaired) electrons. The van der Waals surface area contributed by atoms with Crippen molar-refractivity contribution in [1.82, 2.24) is 30.4 Å². The predicted octanol–water partition coefficient (Wildman–Crippen LogP) is 0.230. The maximum Gasteiger partial charge on any atom is 0.314 e. The minimum Gasteiger partial charge on any atom is -0.347 e. The first-order valence-electron chi connectivity index (χ1n) is 10.0. The quantitative estimate of drug-likeness (QED) is 0.448. The Morgan fingerprint density at radius 2 is 2.00 bits per heavy atom. The van der Waals surface area contributed by atoms with Crippen LogP contribution in [-0.2, 0) is 27.3 Å². The van der Waals surface area contributed by atoms with Crippen LogP contribution in [0.4, 0.5) is 5.82 Å². The highest BCUT2D eigenvalue weighted by atomic mass is 79.9. The number of carbonyl (C=O) groups is 4. The van der Waals surface area contributed by atoms with Gasteiger partial charge in [0.25, 0.3) is 5.91 Å². The van der Waals surface area contributed by atoms with Gasteiger partial charge < -0.3 is 25.8 Å². The molecule has 2 aromatic rings. The van der Waals surface area contributed by atoms with E-state index in [-0.39, 0.29) is 17.4 Å². The van der Waals surface area contributed by atoms with E-state index in [0.29, 0.717) is 0 Å². The molecule has 1 atom stereocenters. The number of aromatic nitrogens is 2. The second kappa shape index (κ2) is 10.8. The highest BCUT2D eigenvalue weighted by Crippen LogP contribution is 2.24. The molecule has 11 nitrogen and oxygen atoms in total. The largest absolute Gasteiger partial charge is 0.347 e. The molecular formula is C20H24BrN7O4S. The van der Waals surface area contributed by atoms with E-state index in [2.05, 4.69) is 46.7 Å². The van der Waals surface area contributed by atoms with Gasteiger partial charge in [-0.15, -0.1) is 11.3 Å². The number of thiazole rings is 1. The number of fused-ring (bicyclic) bond motifs is 1. The summed E-state index contributed by atoms with van der Waals surface area (Å²) in [5.74, 6) is -2.64. The average molecular weight is 538 g/mol. The first-order chi connectivity index (χ1) is 15.6. The van der Waals surface area contributed by atoms with E-state index in [1.165, 1.54) is 42.6 Å². The van der Waals surface area contributed by atoms with Gasteiger partial charge >= 0.3 is 11.8 Å². The molecule has 0 saturated carbocycles. The van der Waals surface area contributed by atoms with E-state index in [4.69, 9.17) is 0 Å². The number of anilines is 1. The molecule has 33 heavy (non-hydrogen) atoms. The molecule has 0 saturated heterocycles. The lowest BCUT2D eigenvalue weighted by molar-refractivity contribution is -0.136. The molecule has 0 fully saturated rings. The van der Waals surface area contributed by atoms with Crippen molar-refractivity contribution in [2.45, 2.75) is 19.0 Å². The molecule has 1 aliphatic heterocycles. The third kappa shape index (κ3) is 6.55. The second-order valence-electron chi connectivity index (χ2n) is 7.66. The van der Waals surface area contributed by atoms with Crippen LogP contribution in [0.5, 0.6) is 0 Å². The molecular weight excluding hydrogens is 514 g/mol. The Balaban J connectivity index is 1.62. The summed E-state index contributed by atoms with van der Waals surface area (Å²) in [6.07, 6.45) is 2.23. The summed E-state index contributed by atoms with van der Waals surface area (Å²) < 4.78 is 0.721. The van der Waals surface area contributed by atoms with Crippen LogP contribution < -0.4 is 16.0 Å². The SMILES string of the molecule is CN1CCc2nc(C(=O)N[C@@H](CNC(=O)C(=O)Nc3ccc(Br)cn3)C(=O)N(C)C)sc2C1. The van der Waals surface area contributed by atoms with Crippen LogP contribution in [0.3, 0.4) is 0 Å². The van der Waals surface area contributed by atoms with Gasteiger partial charge in [0, 0.05) is 55.7 Å². The van der Waals surface area contributed by atoms with Gasteiger partial charge in [-0.1, -0.05) is 0 Å². The lowest BCUT2D eigenvalue weighted by Crippen LogP contribution is -2.53. The Hall–Kier alpha value is -2.90. The van der Waals surface area contributed by atoms with Crippen LogP contribution in [0.1, 0.15) is 20.4 Å². The van der Waals surface area contributed by atoms with Gasteiger partial charge in [-0.2, -0.15) is 0 Å². The number of carbonyl (C=O) groups excluding carboxylic acids is 4. The molecule has 0 unspecified atom stereocenters. The van der Waals surface area contributed by atoms with Crippen molar-refractivity contribution in [2.75, 3.05) is 39.5 Å². The topological polar surface area (TPSA) is 137 Å². The number of hydrogen-bond acceptors (Lipinski definition) is 8. The Morgan fingerprint density at radius 3 is 2.67 bits per heavy atom. The fourth-order valence-electron chi connectivity index (χ4n) is 3.05. The monoisotopic (exact) mass is 537 g/mol. The lowest BCUT2D eigenvalue weighted by Gasteiger charge is -2.21. The average Bonchev–Trinajstić information content (AvgIpc) is 3.20. The highest BCUT2D eigenvalue weighted by molar-refractivity contribution is 9.10. The molecule has 13 heteroatoms. The highest BCUT2D eigenvalue weighted by Gasteiger charge is 2.27. The van der Waals surface area contributed by atoms with Crippen molar-refractivity contribution in [2.24, 2.45) is 0 Å². The van der Waals surface area contributed by atoms with Crippen LogP contribution in [-0.4, -0.2) is 83.7 Å². The smallest absolute Gasteiger partial charge is 0.314 e. The Labute approximate surface area is 203 Å². The van der Waals surface area contributed by atoms with Crippen LogP contribution in [0, 0.1) is 0 Å². The fraction of sp³-hybridized carbons (Fsp3) is 0.400. The van der Waals surface area contributed by atoms with Gasteiger partial charge in [0.2, 0.25) is 5.91 Å². The number of likely N-dealkylation sites (N-methyl/N-ethyl adjacent to an activating group) is 2. The van der Waals surface area contributed by atoms with E-state index in [1.807, 2.05) is 7.05 Å². The van der Waals surface area contributed by atoms with Crippen LogP contribution in [0.2, 0.25) is 0 Å². The summed E-state index contributed by atoms with van der Waals surface area (Å²) in [5, 5.41) is 7.64. The van der Waals surface area contributed by atoms with Gasteiger partial charge in [-0.05, 0) is 35.1 Å². The van der Waals surface area contributed by atoms with Crippen molar-refractivity contribution >= 4 is 56.7 Å². The molecule has 3 rings (SSSR count). The van der Waals surface area contributed by atoms with Crippen LogP contribution in [0.15, 0.2) is 22.8 Å². The predicted molar refractivity (Wildman–Crippen MR) is 126 cm³/mol. The number of halogens is 1. The van der Waals surface area contributed by atoms with E-state index in [0.717, 1.165) is 34.6 Å². The summed E-state index contributed by atoms with van der Waals surface area (Å²) in [6.45, 7) is 1.32. The summed E-state index contributed by atoms with van der Waals surface area (Å²) in [6, 6.07) is 2.12. The fourth-order valence-corrected chi connectivity index (χ4v) is 4.38. The van der Waals surface area contributed by atoms with Gasteiger partial charge in [0.05, 0.1) is 5.69 Å². The van der Waals surface area contributed by atoms with Gasteiger partial charge in [0.1, 0.15) is 11.9 Å². The van der Waals surface area contributed by atoms with Crippen molar-refractivity contribution in [1.29, 1.82) is 0 Å². The molecule has 1 aliphatic rings. The van der Waals surface area contributed by atoms with Crippen LogP contribution >= 0.6 is 27.3 Å². The molecule has 176 valence electrons. The zero-order valence-electron chi connectivity index (χ0n) is 18.3. The van der Waals surface area contributed by atoms with Gasteiger partial charge in [0.15, 0.2) is 5.01 Å². The van der Waals surface area contributed by atoms with E-state index >= 15 is 0 Å². The first kappa shape index (κ1) is 24.7. The standard InChI is InChI=1S/C20H24BrN7O4S/c1-27(2)20(32)13(9-23-16(29)17(30)26-15-5-4-11(21)8-22-15)24-18(31)19-25-12-6-7-28(3)10-14(12)33-19/h4-5,8,13H,6-7,9-10H2,1-3H3,(H,23,29)(H,24,31)(H,22,26,30)/t13-/m0/s1. The minimum atomic E-state index is -1.07. The molecule has 3 heterocycles. The molecule has 3 N–H and O–H groups in total. The number of hydrogen-bond donors (Lipinski definition) is 3. The third-order valence-corrected chi connectivity index (χ3v) is 6.35. The minimum absolute atomic E-state index is 0.200. The zero-order valence-corrected chi connectivity index (χ0v) is 20.7. The Bertz CT molecular complexity index is 1060. The van der Waals surface area contributed by atoms with Crippen molar-refractivity contribution in [3.8, 4) is 0 Å². The summed E-state index contributed by atoms with van der Waals surface area (Å²) in [5.41, 5.74) is 0.894. The lowest BCUT2D eigenvalue weighted by atomic mass is 10.2. The number of pyridine rings is 1. The maximum absolute atomic E-state index is 12.8. The van der Waals surface area contributed by atoms with Gasteiger partial charge in [-0.25, -0.2) is 9.97 Å².